The number of rotatable bonds is 4. The molecule has 1 aromatic rings. The number of amides is 2. The fourth-order valence-electron chi connectivity index (χ4n) is 3.10. The van der Waals surface area contributed by atoms with E-state index >= 15 is 0 Å². The van der Waals surface area contributed by atoms with Crippen LogP contribution < -0.4 is 10.6 Å². The van der Waals surface area contributed by atoms with Gasteiger partial charge < -0.3 is 20.1 Å². The molecule has 1 aliphatic heterocycles. The summed E-state index contributed by atoms with van der Waals surface area (Å²) in [5.41, 5.74) is -0.308. The van der Waals surface area contributed by atoms with Crippen molar-refractivity contribution in [1.29, 1.82) is 0 Å². The second-order valence-electron chi connectivity index (χ2n) is 6.11. The van der Waals surface area contributed by atoms with Gasteiger partial charge in [0.1, 0.15) is 11.8 Å². The van der Waals surface area contributed by atoms with Crippen molar-refractivity contribution >= 4 is 23.2 Å². The van der Waals surface area contributed by atoms with Crippen molar-refractivity contribution in [1.82, 2.24) is 5.32 Å². The number of nitro groups is 1. The lowest BCUT2D eigenvalue weighted by Crippen LogP contribution is -2.40. The van der Waals surface area contributed by atoms with Crippen LogP contribution in [0.15, 0.2) is 24.3 Å². The molecule has 1 heterocycles. The molecule has 0 aromatic heterocycles. The van der Waals surface area contributed by atoms with Crippen LogP contribution in [0.4, 0.5) is 11.4 Å². The third kappa shape index (κ3) is 3.94. The van der Waals surface area contributed by atoms with Gasteiger partial charge >= 0.3 is 11.8 Å². The van der Waals surface area contributed by atoms with E-state index in [1.807, 2.05) is 0 Å². The van der Waals surface area contributed by atoms with E-state index in [0.29, 0.717) is 6.61 Å². The first kappa shape index (κ1) is 17.3. The van der Waals surface area contributed by atoms with Gasteiger partial charge in [-0.1, -0.05) is 12.1 Å². The lowest BCUT2D eigenvalue weighted by atomic mass is 10.2. The second kappa shape index (κ2) is 7.16. The van der Waals surface area contributed by atoms with Crippen LogP contribution in [0.3, 0.4) is 0 Å². The number of para-hydroxylation sites is 2. The van der Waals surface area contributed by atoms with Crippen molar-refractivity contribution in [3.63, 3.8) is 0 Å². The quantitative estimate of drug-likeness (QED) is 0.481. The van der Waals surface area contributed by atoms with E-state index in [0.717, 1.165) is 25.7 Å². The average molecular weight is 349 g/mol. The molecule has 9 heteroatoms. The minimum Gasteiger partial charge on any atom is -0.347 e. The summed E-state index contributed by atoms with van der Waals surface area (Å²) in [6.07, 6.45) is 3.49. The summed E-state index contributed by atoms with van der Waals surface area (Å²) in [7, 11) is 0. The first-order valence-electron chi connectivity index (χ1n) is 8.13. The summed E-state index contributed by atoms with van der Waals surface area (Å²) in [5, 5.41) is 15.6. The summed E-state index contributed by atoms with van der Waals surface area (Å²) in [6.45, 7) is 0.511. The van der Waals surface area contributed by atoms with E-state index in [2.05, 4.69) is 10.6 Å². The van der Waals surface area contributed by atoms with Gasteiger partial charge in [0, 0.05) is 25.5 Å². The zero-order chi connectivity index (χ0) is 17.9. The first-order chi connectivity index (χ1) is 12.0. The molecule has 0 bridgehead atoms. The molecular weight excluding hydrogens is 330 g/mol. The van der Waals surface area contributed by atoms with Crippen LogP contribution in [0.1, 0.15) is 25.7 Å². The van der Waals surface area contributed by atoms with Crippen LogP contribution in [-0.2, 0) is 19.1 Å². The molecule has 2 aliphatic rings. The van der Waals surface area contributed by atoms with Crippen molar-refractivity contribution in [3.05, 3.63) is 34.4 Å². The van der Waals surface area contributed by atoms with E-state index < -0.39 is 22.5 Å². The van der Waals surface area contributed by atoms with Gasteiger partial charge in [-0.15, -0.1) is 0 Å². The molecule has 2 fully saturated rings. The maximum Gasteiger partial charge on any atom is 0.313 e. The Bertz CT molecular complexity index is 686. The Labute approximate surface area is 143 Å². The Hall–Kier alpha value is -2.52. The molecule has 0 radical (unpaired) electrons. The number of nitro benzene ring substituents is 1. The van der Waals surface area contributed by atoms with Crippen LogP contribution in [0.2, 0.25) is 0 Å². The summed E-state index contributed by atoms with van der Waals surface area (Å²) in [4.78, 5) is 34.1. The molecule has 0 unspecified atom stereocenters. The summed E-state index contributed by atoms with van der Waals surface area (Å²) in [5.74, 6) is -2.37. The fraction of sp³-hybridized carbons (Fsp3) is 0.500. The van der Waals surface area contributed by atoms with Crippen LogP contribution in [0, 0.1) is 10.1 Å². The SMILES string of the molecule is O=C(NC[C@H]1COC2(CCCC2)O1)C(=O)Nc1ccccc1[N+](=O)[O-]. The normalized spacial score (nSPS) is 21.2. The summed E-state index contributed by atoms with van der Waals surface area (Å²) < 4.78 is 11.5. The molecule has 1 spiro atoms. The maximum absolute atomic E-state index is 11.9. The van der Waals surface area contributed by atoms with Crippen molar-refractivity contribution in [2.75, 3.05) is 18.5 Å². The lowest BCUT2D eigenvalue weighted by Gasteiger charge is -2.21. The smallest absolute Gasteiger partial charge is 0.313 e. The molecular formula is C16H19N3O6. The van der Waals surface area contributed by atoms with E-state index in [9.17, 15) is 19.7 Å². The fourth-order valence-corrected chi connectivity index (χ4v) is 3.10. The largest absolute Gasteiger partial charge is 0.347 e. The van der Waals surface area contributed by atoms with Gasteiger partial charge in [0.15, 0.2) is 5.79 Å². The topological polar surface area (TPSA) is 120 Å². The molecule has 25 heavy (non-hydrogen) atoms. The predicted octanol–water partition coefficient (Wildman–Crippen LogP) is 1.34. The van der Waals surface area contributed by atoms with Crippen molar-refractivity contribution in [2.24, 2.45) is 0 Å². The number of nitrogens with zero attached hydrogens (tertiary/aromatic N) is 1. The van der Waals surface area contributed by atoms with Crippen molar-refractivity contribution in [2.45, 2.75) is 37.6 Å². The number of benzene rings is 1. The molecule has 2 N–H and O–H groups in total. The molecule has 1 atom stereocenters. The third-order valence-corrected chi connectivity index (χ3v) is 4.32. The van der Waals surface area contributed by atoms with Crippen molar-refractivity contribution in [3.8, 4) is 0 Å². The van der Waals surface area contributed by atoms with Gasteiger partial charge in [-0.25, -0.2) is 0 Å². The molecule has 9 nitrogen and oxygen atoms in total. The highest BCUT2D eigenvalue weighted by molar-refractivity contribution is 6.39. The van der Waals surface area contributed by atoms with Gasteiger partial charge in [0.05, 0.1) is 11.5 Å². The van der Waals surface area contributed by atoms with Crippen LogP contribution in [0.5, 0.6) is 0 Å². The zero-order valence-corrected chi connectivity index (χ0v) is 13.5. The van der Waals surface area contributed by atoms with Gasteiger partial charge in [-0.2, -0.15) is 0 Å². The Balaban J connectivity index is 1.50. The maximum atomic E-state index is 11.9. The molecule has 1 saturated heterocycles. The Kier molecular flexibility index (Phi) is 4.95. The summed E-state index contributed by atoms with van der Waals surface area (Å²) in [6, 6.07) is 5.62. The predicted molar refractivity (Wildman–Crippen MR) is 86.8 cm³/mol. The summed E-state index contributed by atoms with van der Waals surface area (Å²) >= 11 is 0. The minimum absolute atomic E-state index is 0.0296. The van der Waals surface area contributed by atoms with E-state index in [1.54, 1.807) is 0 Å². The average Bonchev–Trinajstić information content (AvgIpc) is 3.23. The molecule has 2 amide bonds. The number of hydrogen-bond acceptors (Lipinski definition) is 6. The van der Waals surface area contributed by atoms with Crippen molar-refractivity contribution < 1.29 is 24.0 Å². The van der Waals surface area contributed by atoms with Gasteiger partial charge in [-0.3, -0.25) is 19.7 Å². The van der Waals surface area contributed by atoms with Crippen LogP contribution in [-0.4, -0.2) is 41.8 Å². The molecule has 1 aromatic carbocycles. The van der Waals surface area contributed by atoms with Gasteiger partial charge in [0.25, 0.3) is 5.69 Å². The van der Waals surface area contributed by atoms with Gasteiger partial charge in [-0.05, 0) is 18.9 Å². The second-order valence-corrected chi connectivity index (χ2v) is 6.11. The van der Waals surface area contributed by atoms with Gasteiger partial charge in [0.2, 0.25) is 0 Å². The standard InChI is InChI=1S/C16H19N3O6/c20-14(15(21)18-12-5-1-2-6-13(12)19(22)23)17-9-11-10-24-16(25-11)7-3-4-8-16/h1-2,5-6,11H,3-4,7-10H2,(H,17,20)(H,18,21)/t11-/m0/s1. The Morgan fingerprint density at radius 1 is 1.24 bits per heavy atom. The van der Waals surface area contributed by atoms with E-state index in [-0.39, 0.29) is 24.0 Å². The lowest BCUT2D eigenvalue weighted by molar-refractivity contribution is -0.383. The van der Waals surface area contributed by atoms with Crippen LogP contribution >= 0.6 is 0 Å². The highest BCUT2D eigenvalue weighted by atomic mass is 16.7. The number of carbonyl (C=O) groups excluding carboxylic acids is 2. The minimum atomic E-state index is -0.969. The van der Waals surface area contributed by atoms with Crippen LogP contribution in [0.25, 0.3) is 0 Å². The number of hydrogen-bond donors (Lipinski definition) is 2. The Morgan fingerprint density at radius 3 is 2.68 bits per heavy atom. The monoisotopic (exact) mass is 349 g/mol. The highest BCUT2D eigenvalue weighted by Gasteiger charge is 2.43. The Morgan fingerprint density at radius 2 is 1.96 bits per heavy atom. The molecule has 1 saturated carbocycles. The van der Waals surface area contributed by atoms with E-state index in [4.69, 9.17) is 9.47 Å². The van der Waals surface area contributed by atoms with E-state index in [1.165, 1.54) is 24.3 Å². The number of anilines is 1. The number of carbonyl (C=O) groups is 2. The third-order valence-electron chi connectivity index (χ3n) is 4.32. The zero-order valence-electron chi connectivity index (χ0n) is 13.5. The number of ether oxygens (including phenoxy) is 2. The first-order valence-corrected chi connectivity index (χ1v) is 8.13. The highest BCUT2D eigenvalue weighted by Crippen LogP contribution is 2.38. The number of nitrogens with one attached hydrogen (secondary N) is 2. The molecule has 1 aliphatic carbocycles. The molecule has 134 valence electrons. The molecule has 3 rings (SSSR count).